The molecule has 2 N–H and O–H groups in total. The lowest BCUT2D eigenvalue weighted by Gasteiger charge is -2.35. The maximum atomic E-state index is 12.5. The van der Waals surface area contributed by atoms with Crippen molar-refractivity contribution < 1.29 is 4.79 Å². The summed E-state index contributed by atoms with van der Waals surface area (Å²) < 4.78 is 0. The smallest absolute Gasteiger partial charge is 0.243 e. The predicted octanol–water partition coefficient (Wildman–Crippen LogP) is 3.04. The number of anilines is 1. The van der Waals surface area contributed by atoms with Crippen LogP contribution in [0.2, 0.25) is 0 Å². The van der Waals surface area contributed by atoms with E-state index in [1.54, 1.807) is 6.21 Å². The van der Waals surface area contributed by atoms with E-state index in [0.717, 1.165) is 48.2 Å². The number of nitrogens with one attached hydrogen (secondary N) is 2. The Balaban J connectivity index is 1.18. The van der Waals surface area contributed by atoms with Gasteiger partial charge in [-0.1, -0.05) is 24.3 Å². The van der Waals surface area contributed by atoms with E-state index in [0.29, 0.717) is 24.9 Å². The molecule has 1 saturated carbocycles. The van der Waals surface area contributed by atoms with E-state index >= 15 is 0 Å². The van der Waals surface area contributed by atoms with Crippen LogP contribution in [0.1, 0.15) is 37.7 Å². The van der Waals surface area contributed by atoms with Crippen LogP contribution < -0.4 is 15.6 Å². The minimum Gasteiger partial charge on any atom is -0.374 e. The second kappa shape index (κ2) is 10.8. The number of thiocarbonyl (C=S) groups is 1. The van der Waals surface area contributed by atoms with Gasteiger partial charge in [-0.05, 0) is 67.4 Å². The van der Waals surface area contributed by atoms with Crippen molar-refractivity contribution in [1.29, 1.82) is 5.26 Å². The highest BCUT2D eigenvalue weighted by atomic mass is 32.1. The van der Waals surface area contributed by atoms with Gasteiger partial charge in [0.05, 0.1) is 18.7 Å². The van der Waals surface area contributed by atoms with Gasteiger partial charge in [-0.15, -0.1) is 0 Å². The Kier molecular flexibility index (Phi) is 7.61. The largest absolute Gasteiger partial charge is 0.374 e. The first-order valence-electron chi connectivity index (χ1n) is 11.8. The van der Waals surface area contributed by atoms with Crippen LogP contribution in [0.5, 0.6) is 0 Å². The van der Waals surface area contributed by atoms with Crippen LogP contribution in [0.4, 0.5) is 5.69 Å². The Morgan fingerprint density at radius 1 is 1.27 bits per heavy atom. The molecule has 1 heterocycles. The van der Waals surface area contributed by atoms with Crippen molar-refractivity contribution in [2.24, 2.45) is 22.9 Å². The lowest BCUT2D eigenvalue weighted by Crippen LogP contribution is -2.49. The molecule has 2 aliphatic carbocycles. The van der Waals surface area contributed by atoms with Crippen LogP contribution in [0, 0.1) is 29.1 Å². The number of benzene rings is 1. The molecular formula is C25H32N6OS. The second-order valence-electron chi connectivity index (χ2n) is 9.25. The average molecular weight is 465 g/mol. The molecule has 0 aromatic heterocycles. The number of hydrazone groups is 1. The summed E-state index contributed by atoms with van der Waals surface area (Å²) >= 11 is 5.65. The Morgan fingerprint density at radius 3 is 2.67 bits per heavy atom. The van der Waals surface area contributed by atoms with Gasteiger partial charge in [-0.3, -0.25) is 4.79 Å². The molecule has 1 aromatic carbocycles. The third-order valence-corrected chi connectivity index (χ3v) is 7.40. The fraction of sp³-hybridized carbons (Fsp3) is 0.520. The summed E-state index contributed by atoms with van der Waals surface area (Å²) in [5, 5.41) is 17.2. The number of hydrogen-bond donors (Lipinski definition) is 2. The van der Waals surface area contributed by atoms with Crippen molar-refractivity contribution in [2.45, 2.75) is 38.1 Å². The van der Waals surface area contributed by atoms with E-state index in [4.69, 9.17) is 17.5 Å². The first kappa shape index (κ1) is 23.2. The number of nitrogens with zero attached hydrogens (tertiary/aromatic N) is 4. The molecule has 1 aromatic rings. The number of likely N-dealkylation sites (tertiary alicyclic amines) is 1. The molecule has 1 saturated heterocycles. The van der Waals surface area contributed by atoms with Gasteiger partial charge >= 0.3 is 0 Å². The molecule has 0 radical (unpaired) electrons. The third-order valence-electron chi connectivity index (χ3n) is 7.02. The summed E-state index contributed by atoms with van der Waals surface area (Å²) in [4.78, 5) is 16.8. The number of nitriles is 1. The summed E-state index contributed by atoms with van der Waals surface area (Å²) in [6.07, 6.45) is 10.8. The van der Waals surface area contributed by atoms with Gasteiger partial charge in [0.15, 0.2) is 5.11 Å². The van der Waals surface area contributed by atoms with E-state index in [1.165, 1.54) is 12.8 Å². The monoisotopic (exact) mass is 464 g/mol. The van der Waals surface area contributed by atoms with Crippen molar-refractivity contribution in [1.82, 2.24) is 15.6 Å². The van der Waals surface area contributed by atoms with E-state index in [2.05, 4.69) is 39.0 Å². The lowest BCUT2D eigenvalue weighted by molar-refractivity contribution is -0.126. The number of piperidine rings is 1. The Hall–Kier alpha value is -2.92. The van der Waals surface area contributed by atoms with Crippen LogP contribution in [0.3, 0.4) is 0 Å². The van der Waals surface area contributed by atoms with Crippen molar-refractivity contribution in [3.05, 3.63) is 42.0 Å². The van der Waals surface area contributed by atoms with Crippen molar-refractivity contribution >= 4 is 35.1 Å². The molecule has 1 aliphatic heterocycles. The zero-order valence-electron chi connectivity index (χ0n) is 19.1. The highest BCUT2D eigenvalue weighted by Crippen LogP contribution is 2.39. The molecule has 0 spiro atoms. The zero-order valence-corrected chi connectivity index (χ0v) is 19.9. The van der Waals surface area contributed by atoms with E-state index < -0.39 is 0 Å². The number of fused-ring (bicyclic) bond motifs is 2. The summed E-state index contributed by atoms with van der Waals surface area (Å²) in [5.74, 6) is 1.27. The number of amides is 1. The third kappa shape index (κ3) is 5.91. The predicted molar refractivity (Wildman–Crippen MR) is 135 cm³/mol. The summed E-state index contributed by atoms with van der Waals surface area (Å²) in [5.41, 5.74) is 4.65. The van der Waals surface area contributed by atoms with Crippen molar-refractivity contribution in [3.63, 3.8) is 0 Å². The van der Waals surface area contributed by atoms with Gasteiger partial charge in [0, 0.05) is 44.3 Å². The lowest BCUT2D eigenvalue weighted by atomic mass is 9.96. The normalized spacial score (nSPS) is 24.1. The van der Waals surface area contributed by atoms with Crippen LogP contribution >= 0.6 is 12.2 Å². The topological polar surface area (TPSA) is 83.8 Å². The minimum absolute atomic E-state index is 0.0316. The standard InChI is InChI=1S/C25H32N6OS/c1-30(12-2-11-26)22-7-4-18(5-8-22)17-27-29-24(32)20-9-13-31(14-10-20)25(33)28-23-16-19-3-6-21(23)15-19/h3-8,17,19-21,23H,2,9-10,12-16H2,1H3,(H,28,33)(H,29,32)/b27-17-. The highest BCUT2D eigenvalue weighted by molar-refractivity contribution is 7.80. The summed E-state index contributed by atoms with van der Waals surface area (Å²) in [7, 11) is 1.96. The first-order valence-corrected chi connectivity index (χ1v) is 12.2. The molecule has 3 unspecified atom stereocenters. The first-order chi connectivity index (χ1) is 16.0. The zero-order chi connectivity index (χ0) is 23.2. The SMILES string of the molecule is CN(CCC#N)c1ccc(/C=N\NC(=O)C2CCN(C(=S)NC3CC4C=CC3C4)CC2)cc1. The second-order valence-corrected chi connectivity index (χ2v) is 9.64. The molecule has 2 bridgehead atoms. The number of carbonyl (C=O) groups is 1. The molecule has 4 rings (SSSR count). The van der Waals surface area contributed by atoms with Crippen molar-refractivity contribution in [2.75, 3.05) is 31.6 Å². The van der Waals surface area contributed by atoms with E-state index in [9.17, 15) is 4.79 Å². The molecule has 3 aliphatic rings. The maximum Gasteiger partial charge on any atom is 0.243 e. The van der Waals surface area contributed by atoms with Gasteiger partial charge in [-0.2, -0.15) is 10.4 Å². The Morgan fingerprint density at radius 2 is 2.03 bits per heavy atom. The molecule has 7 nitrogen and oxygen atoms in total. The van der Waals surface area contributed by atoms with Gasteiger partial charge in [0.25, 0.3) is 0 Å². The van der Waals surface area contributed by atoms with Crippen molar-refractivity contribution in [3.8, 4) is 6.07 Å². The van der Waals surface area contributed by atoms with Gasteiger partial charge in [0.2, 0.25) is 5.91 Å². The molecule has 33 heavy (non-hydrogen) atoms. The Labute approximate surface area is 201 Å². The van der Waals surface area contributed by atoms with Gasteiger partial charge in [0.1, 0.15) is 0 Å². The molecular weight excluding hydrogens is 432 g/mol. The Bertz CT molecular complexity index is 945. The van der Waals surface area contributed by atoms with Gasteiger partial charge in [-0.25, -0.2) is 5.43 Å². The fourth-order valence-electron chi connectivity index (χ4n) is 4.96. The number of carbonyl (C=O) groups excluding carboxylic acids is 1. The quantitative estimate of drug-likeness (QED) is 0.279. The molecule has 8 heteroatoms. The summed E-state index contributed by atoms with van der Waals surface area (Å²) in [6, 6.07) is 10.5. The van der Waals surface area contributed by atoms with Crippen LogP contribution in [0.15, 0.2) is 41.5 Å². The van der Waals surface area contributed by atoms with Crippen LogP contribution in [-0.4, -0.2) is 54.9 Å². The summed E-state index contributed by atoms with van der Waals surface area (Å²) in [6.45, 7) is 2.29. The molecule has 1 amide bonds. The van der Waals surface area contributed by atoms with Crippen LogP contribution in [-0.2, 0) is 4.79 Å². The molecule has 2 fully saturated rings. The van der Waals surface area contributed by atoms with Crippen LogP contribution in [0.25, 0.3) is 0 Å². The number of hydrogen-bond acceptors (Lipinski definition) is 5. The molecule has 3 atom stereocenters. The maximum absolute atomic E-state index is 12.5. The number of allylic oxidation sites excluding steroid dienone is 1. The molecule has 174 valence electrons. The van der Waals surface area contributed by atoms with E-state index in [-0.39, 0.29) is 11.8 Å². The fourth-order valence-corrected chi connectivity index (χ4v) is 5.30. The van der Waals surface area contributed by atoms with Gasteiger partial charge < -0.3 is 15.1 Å². The number of rotatable bonds is 7. The highest BCUT2D eigenvalue weighted by Gasteiger charge is 2.36. The average Bonchev–Trinajstić information content (AvgIpc) is 3.46. The van der Waals surface area contributed by atoms with E-state index in [1.807, 2.05) is 36.2 Å². The minimum atomic E-state index is -0.0391.